The second-order valence-electron chi connectivity index (χ2n) is 5.98. The third-order valence-electron chi connectivity index (χ3n) is 4.09. The van der Waals surface area contributed by atoms with Crippen LogP contribution in [0.5, 0.6) is 0 Å². The molecule has 0 aliphatic carbocycles. The molecular formula is C19H24BrN3O3S. The monoisotopic (exact) mass is 453 g/mol. The number of hydrogen-bond acceptors (Lipinski definition) is 4. The van der Waals surface area contributed by atoms with Gasteiger partial charge in [-0.05, 0) is 55.0 Å². The van der Waals surface area contributed by atoms with E-state index < -0.39 is 10.0 Å². The molecule has 0 radical (unpaired) electrons. The van der Waals surface area contributed by atoms with E-state index in [0.29, 0.717) is 18.8 Å². The maximum atomic E-state index is 12.5. The van der Waals surface area contributed by atoms with E-state index in [-0.39, 0.29) is 17.3 Å². The van der Waals surface area contributed by atoms with Crippen LogP contribution in [0.4, 0.5) is 11.4 Å². The highest BCUT2D eigenvalue weighted by Gasteiger charge is 2.21. The first-order valence-corrected chi connectivity index (χ1v) is 10.9. The number of carbonyl (C=O) groups is 1. The molecule has 1 amide bonds. The first-order chi connectivity index (χ1) is 12.8. The Balaban J connectivity index is 1.97. The normalized spacial score (nSPS) is 11.4. The maximum Gasteiger partial charge on any atom is 0.243 e. The van der Waals surface area contributed by atoms with Crippen LogP contribution in [0.1, 0.15) is 19.4 Å². The molecule has 27 heavy (non-hydrogen) atoms. The van der Waals surface area contributed by atoms with Crippen LogP contribution >= 0.6 is 15.9 Å². The minimum atomic E-state index is -3.50. The summed E-state index contributed by atoms with van der Waals surface area (Å²) in [5.74, 6) is -0.213. The van der Waals surface area contributed by atoms with Gasteiger partial charge in [0.2, 0.25) is 15.9 Å². The first-order valence-electron chi connectivity index (χ1n) is 8.68. The molecular weight excluding hydrogens is 430 g/mol. The third-order valence-corrected chi connectivity index (χ3v) is 7.05. The molecule has 0 atom stereocenters. The summed E-state index contributed by atoms with van der Waals surface area (Å²) in [7, 11) is -3.50. The number of anilines is 2. The maximum absolute atomic E-state index is 12.5. The first kappa shape index (κ1) is 21.4. The van der Waals surface area contributed by atoms with Gasteiger partial charge < -0.3 is 10.6 Å². The van der Waals surface area contributed by atoms with Gasteiger partial charge in [0.05, 0.1) is 11.4 Å². The van der Waals surface area contributed by atoms with Crippen LogP contribution in [-0.4, -0.2) is 38.3 Å². The van der Waals surface area contributed by atoms with Gasteiger partial charge in [0.1, 0.15) is 0 Å². The summed E-state index contributed by atoms with van der Waals surface area (Å²) in [5.41, 5.74) is 2.48. The quantitative estimate of drug-likeness (QED) is 0.636. The summed E-state index contributed by atoms with van der Waals surface area (Å²) >= 11 is 3.44. The zero-order chi connectivity index (χ0) is 20.0. The van der Waals surface area contributed by atoms with E-state index in [9.17, 15) is 13.2 Å². The molecule has 0 spiro atoms. The van der Waals surface area contributed by atoms with E-state index in [1.54, 1.807) is 26.0 Å². The van der Waals surface area contributed by atoms with Gasteiger partial charge in [0.25, 0.3) is 0 Å². The topological polar surface area (TPSA) is 78.5 Å². The second-order valence-corrected chi connectivity index (χ2v) is 8.77. The van der Waals surface area contributed by atoms with Crippen molar-refractivity contribution in [1.29, 1.82) is 0 Å². The molecule has 2 aromatic carbocycles. The molecule has 0 unspecified atom stereocenters. The van der Waals surface area contributed by atoms with Gasteiger partial charge in [-0.15, -0.1) is 0 Å². The molecule has 2 N–H and O–H groups in total. The summed E-state index contributed by atoms with van der Waals surface area (Å²) in [4.78, 5) is 12.3. The summed E-state index contributed by atoms with van der Waals surface area (Å²) in [6.45, 7) is 6.52. The lowest BCUT2D eigenvalue weighted by molar-refractivity contribution is -0.114. The molecule has 0 aliphatic heterocycles. The number of halogens is 1. The van der Waals surface area contributed by atoms with Gasteiger partial charge in [-0.2, -0.15) is 4.31 Å². The summed E-state index contributed by atoms with van der Waals surface area (Å²) in [5, 5.41) is 5.82. The van der Waals surface area contributed by atoms with E-state index in [1.807, 2.05) is 25.1 Å². The number of nitrogens with one attached hydrogen (secondary N) is 2. The van der Waals surface area contributed by atoms with Crippen molar-refractivity contribution < 1.29 is 13.2 Å². The molecule has 0 saturated heterocycles. The van der Waals surface area contributed by atoms with Gasteiger partial charge in [-0.3, -0.25) is 4.79 Å². The molecule has 8 heteroatoms. The third kappa shape index (κ3) is 5.54. The zero-order valence-corrected chi connectivity index (χ0v) is 18.0. The number of benzene rings is 2. The highest BCUT2D eigenvalue weighted by atomic mass is 79.9. The molecule has 0 aromatic heterocycles. The van der Waals surface area contributed by atoms with E-state index in [1.165, 1.54) is 16.4 Å². The van der Waals surface area contributed by atoms with Crippen molar-refractivity contribution in [3.63, 3.8) is 0 Å². The van der Waals surface area contributed by atoms with E-state index in [0.717, 1.165) is 15.7 Å². The Labute approximate surface area is 169 Å². The Morgan fingerprint density at radius 1 is 1.04 bits per heavy atom. The zero-order valence-electron chi connectivity index (χ0n) is 15.6. The van der Waals surface area contributed by atoms with Crippen LogP contribution in [0.25, 0.3) is 0 Å². The molecule has 146 valence electrons. The number of carbonyl (C=O) groups excluding carboxylic acids is 1. The number of amides is 1. The molecule has 2 rings (SSSR count). The van der Waals surface area contributed by atoms with Crippen LogP contribution in [0, 0.1) is 6.92 Å². The van der Waals surface area contributed by atoms with E-state index >= 15 is 0 Å². The fraction of sp³-hybridized carbons (Fsp3) is 0.316. The second kappa shape index (κ2) is 9.34. The van der Waals surface area contributed by atoms with Crippen LogP contribution in [0.15, 0.2) is 51.8 Å². The van der Waals surface area contributed by atoms with Gasteiger partial charge in [-0.1, -0.05) is 29.8 Å². The van der Waals surface area contributed by atoms with Gasteiger partial charge >= 0.3 is 0 Å². The Morgan fingerprint density at radius 2 is 1.63 bits per heavy atom. The van der Waals surface area contributed by atoms with Crippen molar-refractivity contribution in [3.8, 4) is 0 Å². The summed E-state index contributed by atoms with van der Waals surface area (Å²) in [6, 6.07) is 12.0. The van der Waals surface area contributed by atoms with Crippen molar-refractivity contribution in [2.45, 2.75) is 25.7 Å². The minimum absolute atomic E-state index is 0.112. The Hall–Kier alpha value is -1.90. The predicted octanol–water partition coefficient (Wildman–Crippen LogP) is 3.84. The molecule has 0 fully saturated rings. The Morgan fingerprint density at radius 3 is 2.19 bits per heavy atom. The molecule has 0 saturated carbocycles. The molecule has 0 bridgehead atoms. The fourth-order valence-electron chi connectivity index (χ4n) is 2.57. The predicted molar refractivity (Wildman–Crippen MR) is 113 cm³/mol. The standard InChI is InChI=1S/C19H24BrN3O3S/c1-4-23(5-2)27(25,26)17-9-6-15(7-10-17)22-19(24)13-21-16-8-11-18(20)14(3)12-16/h6-12,21H,4-5,13H2,1-3H3,(H,22,24). The highest BCUT2D eigenvalue weighted by molar-refractivity contribution is 9.10. The fourth-order valence-corrected chi connectivity index (χ4v) is 4.27. The lowest BCUT2D eigenvalue weighted by atomic mass is 10.2. The van der Waals surface area contributed by atoms with Crippen molar-refractivity contribution >= 4 is 43.2 Å². The highest BCUT2D eigenvalue weighted by Crippen LogP contribution is 2.20. The van der Waals surface area contributed by atoms with Crippen LogP contribution in [-0.2, 0) is 14.8 Å². The lowest BCUT2D eigenvalue weighted by Crippen LogP contribution is -2.30. The molecule has 6 nitrogen and oxygen atoms in total. The summed E-state index contributed by atoms with van der Waals surface area (Å²) in [6.07, 6.45) is 0. The van der Waals surface area contributed by atoms with Crippen molar-refractivity contribution in [3.05, 3.63) is 52.5 Å². The van der Waals surface area contributed by atoms with Crippen LogP contribution in [0.3, 0.4) is 0 Å². The minimum Gasteiger partial charge on any atom is -0.376 e. The Bertz CT molecular complexity index is 895. The van der Waals surface area contributed by atoms with E-state index in [2.05, 4.69) is 26.6 Å². The smallest absolute Gasteiger partial charge is 0.243 e. The number of aryl methyl sites for hydroxylation is 1. The van der Waals surface area contributed by atoms with Crippen molar-refractivity contribution in [2.75, 3.05) is 30.3 Å². The largest absolute Gasteiger partial charge is 0.376 e. The van der Waals surface area contributed by atoms with Crippen LogP contribution < -0.4 is 10.6 Å². The summed E-state index contributed by atoms with van der Waals surface area (Å²) < 4.78 is 27.3. The van der Waals surface area contributed by atoms with Crippen molar-refractivity contribution in [1.82, 2.24) is 4.31 Å². The number of rotatable bonds is 8. The average molecular weight is 454 g/mol. The number of nitrogens with zero attached hydrogens (tertiary/aromatic N) is 1. The van der Waals surface area contributed by atoms with Crippen molar-refractivity contribution in [2.24, 2.45) is 0 Å². The molecule has 0 heterocycles. The van der Waals surface area contributed by atoms with Gasteiger partial charge in [-0.25, -0.2) is 8.42 Å². The lowest BCUT2D eigenvalue weighted by Gasteiger charge is -2.18. The van der Waals surface area contributed by atoms with Gasteiger partial charge in [0.15, 0.2) is 0 Å². The molecule has 0 aliphatic rings. The SMILES string of the molecule is CCN(CC)S(=O)(=O)c1ccc(NC(=O)CNc2ccc(Br)c(C)c2)cc1. The average Bonchev–Trinajstić information content (AvgIpc) is 2.64. The number of sulfonamides is 1. The van der Waals surface area contributed by atoms with Crippen LogP contribution in [0.2, 0.25) is 0 Å². The van der Waals surface area contributed by atoms with Gasteiger partial charge in [0, 0.05) is 28.9 Å². The molecule has 2 aromatic rings. The van der Waals surface area contributed by atoms with E-state index in [4.69, 9.17) is 0 Å². The number of hydrogen-bond donors (Lipinski definition) is 2. The Kier molecular flexibility index (Phi) is 7.41.